The normalized spacial score (nSPS) is 20.1. The largest absolute Gasteiger partial charge is 0.492 e. The highest BCUT2D eigenvalue weighted by atomic mass is 16.5. The lowest BCUT2D eigenvalue weighted by molar-refractivity contribution is -0.127. The second-order valence-corrected chi connectivity index (χ2v) is 8.38. The lowest BCUT2D eigenvalue weighted by Crippen LogP contribution is -2.50. The molecule has 0 aliphatic carbocycles. The van der Waals surface area contributed by atoms with Crippen LogP contribution in [0.5, 0.6) is 5.75 Å². The highest BCUT2D eigenvalue weighted by Gasteiger charge is 2.33. The summed E-state index contributed by atoms with van der Waals surface area (Å²) in [4.78, 5) is 27.2. The third-order valence-corrected chi connectivity index (χ3v) is 6.21. The van der Waals surface area contributed by atoms with Gasteiger partial charge >= 0.3 is 5.97 Å². The highest BCUT2D eigenvalue weighted by Crippen LogP contribution is 2.28. The molecule has 0 aromatic heterocycles. The van der Waals surface area contributed by atoms with Crippen LogP contribution in [-0.2, 0) is 9.53 Å². The Kier molecular flexibility index (Phi) is 8.24. The molecule has 5 nitrogen and oxygen atoms in total. The smallest absolute Gasteiger partial charge is 0.337 e. The summed E-state index contributed by atoms with van der Waals surface area (Å²) in [5, 5.41) is 0. The summed E-state index contributed by atoms with van der Waals surface area (Å²) < 4.78 is 10.6. The van der Waals surface area contributed by atoms with Crippen LogP contribution in [0.2, 0.25) is 0 Å². The summed E-state index contributed by atoms with van der Waals surface area (Å²) in [6.07, 6.45) is 3.59. The molecule has 5 heteroatoms. The number of Topliss-reactive ketones (excluding diaryl/α,β-unsaturated/α-hetero) is 1. The lowest BCUT2D eigenvalue weighted by Gasteiger charge is -2.40. The molecule has 3 rings (SSSR count). The number of piperidine rings is 1. The van der Waals surface area contributed by atoms with E-state index >= 15 is 0 Å². The Labute approximate surface area is 185 Å². The molecule has 3 atom stereocenters. The summed E-state index contributed by atoms with van der Waals surface area (Å²) in [5.41, 5.74) is 1.58. The quantitative estimate of drug-likeness (QED) is 0.539. The third-order valence-electron chi connectivity index (χ3n) is 6.21. The number of para-hydroxylation sites is 1. The minimum atomic E-state index is -0.347. The van der Waals surface area contributed by atoms with Crippen LogP contribution < -0.4 is 4.74 Å². The van der Waals surface area contributed by atoms with E-state index in [0.717, 1.165) is 37.1 Å². The average molecular weight is 424 g/mol. The molecule has 1 heterocycles. The van der Waals surface area contributed by atoms with Crippen LogP contribution >= 0.6 is 0 Å². The van der Waals surface area contributed by atoms with Crippen LogP contribution in [0.3, 0.4) is 0 Å². The second-order valence-electron chi connectivity index (χ2n) is 8.38. The van der Waals surface area contributed by atoms with Gasteiger partial charge in [0.15, 0.2) is 5.78 Å². The third kappa shape index (κ3) is 6.17. The van der Waals surface area contributed by atoms with Gasteiger partial charge in [0.05, 0.1) is 18.7 Å². The Balaban J connectivity index is 1.59. The Morgan fingerprint density at radius 3 is 2.45 bits per heavy atom. The van der Waals surface area contributed by atoms with Gasteiger partial charge in [-0.15, -0.1) is 0 Å². The fourth-order valence-corrected chi connectivity index (χ4v) is 4.37. The summed E-state index contributed by atoms with van der Waals surface area (Å²) in [6, 6.07) is 17.5. The van der Waals surface area contributed by atoms with Gasteiger partial charge in [-0.05, 0) is 61.9 Å². The Morgan fingerprint density at radius 1 is 1.06 bits per heavy atom. The van der Waals surface area contributed by atoms with Crippen molar-refractivity contribution in [3.05, 3.63) is 65.7 Å². The maximum Gasteiger partial charge on any atom is 0.337 e. The van der Waals surface area contributed by atoms with Crippen molar-refractivity contribution in [2.24, 2.45) is 0 Å². The zero-order chi connectivity index (χ0) is 22.2. The number of methoxy groups -OCH3 is 1. The minimum absolute atomic E-state index is 0.0556. The summed E-state index contributed by atoms with van der Waals surface area (Å²) in [6.45, 7) is 5.59. The first-order chi connectivity index (χ1) is 15.0. The number of hydrogen-bond donors (Lipinski definition) is 0. The zero-order valence-electron chi connectivity index (χ0n) is 18.8. The number of hydrogen-bond acceptors (Lipinski definition) is 5. The lowest BCUT2D eigenvalue weighted by atomic mass is 9.87. The van der Waals surface area contributed by atoms with Crippen molar-refractivity contribution in [3.8, 4) is 5.75 Å². The molecule has 2 aromatic rings. The van der Waals surface area contributed by atoms with Gasteiger partial charge in [-0.3, -0.25) is 9.69 Å². The number of likely N-dealkylation sites (tertiary alicyclic amines) is 1. The number of rotatable bonds is 9. The molecule has 0 bridgehead atoms. The standard InChI is InChI=1S/C26H33NO4/c1-19(21-12-14-22(15-13-21)26(29)30-3)18-25(28)24-11-7-8-20(2)27(24)16-17-31-23-9-5-4-6-10-23/h4-6,9-10,12-15,19-20,24H,7-8,11,16-18H2,1-3H3/t19-,20+,24+/m1/s1. The first kappa shape index (κ1) is 23.0. The van der Waals surface area contributed by atoms with E-state index < -0.39 is 0 Å². The average Bonchev–Trinajstić information content (AvgIpc) is 2.80. The molecule has 0 saturated carbocycles. The summed E-state index contributed by atoms with van der Waals surface area (Å²) >= 11 is 0. The molecule has 1 saturated heterocycles. The number of carbonyl (C=O) groups excluding carboxylic acids is 2. The molecule has 1 fully saturated rings. The predicted molar refractivity (Wildman–Crippen MR) is 122 cm³/mol. The van der Waals surface area contributed by atoms with Crippen molar-refractivity contribution in [2.45, 2.75) is 57.5 Å². The Bertz CT molecular complexity index is 849. The molecule has 0 amide bonds. The number of esters is 1. The van der Waals surface area contributed by atoms with Gasteiger partial charge in [0.2, 0.25) is 0 Å². The highest BCUT2D eigenvalue weighted by molar-refractivity contribution is 5.89. The van der Waals surface area contributed by atoms with E-state index in [1.165, 1.54) is 7.11 Å². The van der Waals surface area contributed by atoms with Crippen LogP contribution in [0.15, 0.2) is 54.6 Å². The molecule has 31 heavy (non-hydrogen) atoms. The summed E-state index contributed by atoms with van der Waals surface area (Å²) in [7, 11) is 1.37. The summed E-state index contributed by atoms with van der Waals surface area (Å²) in [5.74, 6) is 0.897. The van der Waals surface area contributed by atoms with Crippen molar-refractivity contribution < 1.29 is 19.1 Å². The van der Waals surface area contributed by atoms with Gasteiger partial charge in [-0.1, -0.05) is 37.3 Å². The van der Waals surface area contributed by atoms with Gasteiger partial charge in [0, 0.05) is 19.0 Å². The van der Waals surface area contributed by atoms with Gasteiger partial charge in [-0.2, -0.15) is 0 Å². The van der Waals surface area contributed by atoms with E-state index in [1.807, 2.05) is 42.5 Å². The molecule has 1 aliphatic rings. The van der Waals surface area contributed by atoms with Crippen molar-refractivity contribution in [1.29, 1.82) is 0 Å². The van der Waals surface area contributed by atoms with Crippen molar-refractivity contribution >= 4 is 11.8 Å². The van der Waals surface area contributed by atoms with Crippen molar-refractivity contribution in [2.75, 3.05) is 20.3 Å². The molecule has 166 valence electrons. The van der Waals surface area contributed by atoms with Crippen LogP contribution in [0.1, 0.15) is 61.4 Å². The van der Waals surface area contributed by atoms with E-state index in [1.54, 1.807) is 12.1 Å². The maximum absolute atomic E-state index is 13.2. The first-order valence-corrected chi connectivity index (χ1v) is 11.1. The predicted octanol–water partition coefficient (Wildman–Crippen LogP) is 4.86. The van der Waals surface area contributed by atoms with Gasteiger partial charge in [0.25, 0.3) is 0 Å². The monoisotopic (exact) mass is 423 g/mol. The topological polar surface area (TPSA) is 55.8 Å². The van der Waals surface area contributed by atoms with Crippen LogP contribution in [0.4, 0.5) is 0 Å². The van der Waals surface area contributed by atoms with E-state index in [-0.39, 0.29) is 23.7 Å². The van der Waals surface area contributed by atoms with Gasteiger partial charge in [0.1, 0.15) is 12.4 Å². The molecule has 2 aromatic carbocycles. The SMILES string of the molecule is COC(=O)c1ccc([C@H](C)CC(=O)[C@@H]2CCC[C@H](C)N2CCOc2ccccc2)cc1. The zero-order valence-corrected chi connectivity index (χ0v) is 18.8. The number of ether oxygens (including phenoxy) is 2. The molecule has 0 N–H and O–H groups in total. The molecule has 1 aliphatic heterocycles. The molecular weight excluding hydrogens is 390 g/mol. The number of carbonyl (C=O) groups is 2. The van der Waals surface area contributed by atoms with Gasteiger partial charge in [-0.25, -0.2) is 4.79 Å². The number of benzene rings is 2. The molecule has 0 unspecified atom stereocenters. The van der Waals surface area contributed by atoms with Crippen LogP contribution in [-0.4, -0.2) is 49.0 Å². The molecular formula is C26H33NO4. The van der Waals surface area contributed by atoms with Crippen molar-refractivity contribution in [3.63, 3.8) is 0 Å². The Morgan fingerprint density at radius 2 is 1.77 bits per heavy atom. The molecule has 0 radical (unpaired) electrons. The van der Waals surface area contributed by atoms with E-state index in [2.05, 4.69) is 18.7 Å². The van der Waals surface area contributed by atoms with Crippen LogP contribution in [0, 0.1) is 0 Å². The molecule has 0 spiro atoms. The van der Waals surface area contributed by atoms with E-state index in [9.17, 15) is 9.59 Å². The van der Waals surface area contributed by atoms with E-state index in [4.69, 9.17) is 9.47 Å². The first-order valence-electron chi connectivity index (χ1n) is 11.1. The number of nitrogens with zero attached hydrogens (tertiary/aromatic N) is 1. The van der Waals surface area contributed by atoms with Crippen LogP contribution in [0.25, 0.3) is 0 Å². The maximum atomic E-state index is 13.2. The van der Waals surface area contributed by atoms with Gasteiger partial charge < -0.3 is 9.47 Å². The Hall–Kier alpha value is -2.66. The number of ketones is 1. The fourth-order valence-electron chi connectivity index (χ4n) is 4.37. The second kappa shape index (κ2) is 11.1. The van der Waals surface area contributed by atoms with Crippen molar-refractivity contribution in [1.82, 2.24) is 4.90 Å². The fraction of sp³-hybridized carbons (Fsp3) is 0.462. The van der Waals surface area contributed by atoms with E-state index in [0.29, 0.717) is 24.6 Å². The minimum Gasteiger partial charge on any atom is -0.492 e.